The van der Waals surface area contributed by atoms with Gasteiger partial charge >= 0.3 is 6.03 Å². The molecule has 9 heteroatoms. The molecule has 3 aromatic rings. The van der Waals surface area contributed by atoms with E-state index < -0.39 is 17.2 Å². The van der Waals surface area contributed by atoms with Crippen LogP contribution in [0.3, 0.4) is 0 Å². The number of benzene rings is 1. The van der Waals surface area contributed by atoms with Crippen LogP contribution in [0.4, 0.5) is 4.79 Å². The van der Waals surface area contributed by atoms with Crippen molar-refractivity contribution in [1.29, 1.82) is 0 Å². The van der Waals surface area contributed by atoms with Crippen LogP contribution in [0.25, 0.3) is 11.4 Å². The number of nitrogens with one attached hydrogen (secondary N) is 1. The molecule has 2 aromatic heterocycles. The minimum atomic E-state index is -0.880. The third-order valence-electron chi connectivity index (χ3n) is 3.72. The van der Waals surface area contributed by atoms with Gasteiger partial charge in [-0.25, -0.2) is 4.79 Å². The third-order valence-corrected chi connectivity index (χ3v) is 4.80. The van der Waals surface area contributed by atoms with Crippen LogP contribution in [0.5, 0.6) is 0 Å². The molecule has 0 radical (unpaired) electrons. The lowest BCUT2D eigenvalue weighted by molar-refractivity contribution is -0.119. The van der Waals surface area contributed by atoms with Crippen LogP contribution in [-0.4, -0.2) is 36.9 Å². The summed E-state index contributed by atoms with van der Waals surface area (Å²) in [5.74, 6) is 0.168. The highest BCUT2D eigenvalue weighted by molar-refractivity contribution is 8.00. The maximum atomic E-state index is 12.0. The highest BCUT2D eigenvalue weighted by atomic mass is 32.2. The lowest BCUT2D eigenvalue weighted by Crippen LogP contribution is -2.39. The third kappa shape index (κ3) is 4.70. The average molecular weight is 382 g/mol. The quantitative estimate of drug-likeness (QED) is 0.631. The van der Waals surface area contributed by atoms with E-state index in [9.17, 15) is 9.59 Å². The van der Waals surface area contributed by atoms with Crippen molar-refractivity contribution in [3.63, 3.8) is 0 Å². The fraction of sp³-hybridized carbons (Fsp3) is 0.167. The number of amides is 3. The van der Waals surface area contributed by atoms with Gasteiger partial charge in [0.15, 0.2) is 11.0 Å². The number of primary amides is 1. The van der Waals surface area contributed by atoms with Gasteiger partial charge in [-0.05, 0) is 24.6 Å². The van der Waals surface area contributed by atoms with Crippen molar-refractivity contribution in [3.05, 3.63) is 60.4 Å². The molecule has 3 N–H and O–H groups in total. The Morgan fingerprint density at radius 1 is 1.19 bits per heavy atom. The van der Waals surface area contributed by atoms with E-state index in [1.165, 1.54) is 11.8 Å². The first-order chi connectivity index (χ1) is 13.0. The summed E-state index contributed by atoms with van der Waals surface area (Å²) in [5, 5.41) is 10.6. The van der Waals surface area contributed by atoms with Gasteiger partial charge in [0.1, 0.15) is 0 Å². The number of imide groups is 1. The number of hydrogen-bond acceptors (Lipinski definition) is 6. The maximum Gasteiger partial charge on any atom is 0.318 e. The Bertz CT molecular complexity index is 930. The van der Waals surface area contributed by atoms with Crippen LogP contribution in [0.2, 0.25) is 0 Å². The first-order valence-electron chi connectivity index (χ1n) is 8.19. The Kier molecular flexibility index (Phi) is 5.82. The zero-order valence-corrected chi connectivity index (χ0v) is 15.4. The van der Waals surface area contributed by atoms with Crippen LogP contribution >= 0.6 is 11.8 Å². The Labute approximate surface area is 160 Å². The highest BCUT2D eigenvalue weighted by Gasteiger charge is 2.21. The zero-order chi connectivity index (χ0) is 19.2. The number of aromatic nitrogens is 4. The van der Waals surface area contributed by atoms with Gasteiger partial charge in [-0.3, -0.25) is 19.7 Å². The average Bonchev–Trinajstić information content (AvgIpc) is 3.05. The number of nitrogens with two attached hydrogens (primary N) is 1. The molecule has 0 saturated heterocycles. The second-order valence-electron chi connectivity index (χ2n) is 5.73. The lowest BCUT2D eigenvalue weighted by Gasteiger charge is -2.13. The molecule has 0 spiro atoms. The number of hydrogen-bond donors (Lipinski definition) is 2. The zero-order valence-electron chi connectivity index (χ0n) is 14.6. The molecular weight excluding hydrogens is 364 g/mol. The molecule has 1 atom stereocenters. The predicted molar refractivity (Wildman–Crippen MR) is 102 cm³/mol. The van der Waals surface area contributed by atoms with E-state index in [4.69, 9.17) is 5.73 Å². The van der Waals surface area contributed by atoms with Crippen LogP contribution in [0, 0.1) is 0 Å². The summed E-state index contributed by atoms with van der Waals surface area (Å²) in [6.07, 6.45) is 3.40. The van der Waals surface area contributed by atoms with Gasteiger partial charge in [0.05, 0.1) is 11.8 Å². The summed E-state index contributed by atoms with van der Waals surface area (Å²) in [5.41, 5.74) is 6.91. The smallest absolute Gasteiger partial charge is 0.318 e. The standard InChI is InChI=1S/C18H18N6O2S/c1-12(16(25)21-17(19)26)27-18-23-22-15(14-8-5-9-20-10-14)24(18)11-13-6-3-2-4-7-13/h2-10,12H,11H2,1H3,(H3,19,21,25,26)/t12-/m1/s1. The highest BCUT2D eigenvalue weighted by Crippen LogP contribution is 2.27. The summed E-state index contributed by atoms with van der Waals surface area (Å²) in [6, 6.07) is 12.7. The molecule has 27 heavy (non-hydrogen) atoms. The molecule has 3 amide bonds. The summed E-state index contributed by atoms with van der Waals surface area (Å²) in [6.45, 7) is 2.21. The fourth-order valence-electron chi connectivity index (χ4n) is 2.43. The Balaban J connectivity index is 1.92. The van der Waals surface area contributed by atoms with E-state index in [0.29, 0.717) is 17.5 Å². The number of carbonyl (C=O) groups is 2. The molecule has 0 fully saturated rings. The van der Waals surface area contributed by atoms with Crippen LogP contribution < -0.4 is 11.1 Å². The van der Waals surface area contributed by atoms with E-state index in [-0.39, 0.29) is 0 Å². The molecule has 8 nitrogen and oxygen atoms in total. The Morgan fingerprint density at radius 2 is 1.96 bits per heavy atom. The molecular formula is C18H18N6O2S. The molecule has 0 aliphatic rings. The molecule has 0 aliphatic heterocycles. The monoisotopic (exact) mass is 382 g/mol. The normalized spacial score (nSPS) is 11.7. The number of pyridine rings is 1. The van der Waals surface area contributed by atoms with Gasteiger partial charge in [-0.1, -0.05) is 42.1 Å². The van der Waals surface area contributed by atoms with Crippen molar-refractivity contribution in [3.8, 4) is 11.4 Å². The number of thioether (sulfide) groups is 1. The van der Waals surface area contributed by atoms with Crippen molar-refractivity contribution in [2.75, 3.05) is 0 Å². The van der Waals surface area contributed by atoms with Gasteiger partial charge < -0.3 is 5.73 Å². The topological polar surface area (TPSA) is 116 Å². The van der Waals surface area contributed by atoms with E-state index >= 15 is 0 Å². The van der Waals surface area contributed by atoms with Crippen LogP contribution in [0.1, 0.15) is 12.5 Å². The van der Waals surface area contributed by atoms with Crippen molar-refractivity contribution >= 4 is 23.7 Å². The van der Waals surface area contributed by atoms with Crippen molar-refractivity contribution in [2.45, 2.75) is 23.9 Å². The van der Waals surface area contributed by atoms with Crippen molar-refractivity contribution < 1.29 is 9.59 Å². The van der Waals surface area contributed by atoms with E-state index in [1.54, 1.807) is 19.3 Å². The second-order valence-corrected chi connectivity index (χ2v) is 7.04. The fourth-order valence-corrected chi connectivity index (χ4v) is 3.28. The van der Waals surface area contributed by atoms with Gasteiger partial charge in [-0.15, -0.1) is 10.2 Å². The summed E-state index contributed by atoms with van der Waals surface area (Å²) < 4.78 is 1.92. The Hall–Kier alpha value is -3.20. The molecule has 0 saturated carbocycles. The first kappa shape index (κ1) is 18.6. The predicted octanol–water partition coefficient (Wildman–Crippen LogP) is 2.06. The van der Waals surface area contributed by atoms with E-state index in [2.05, 4.69) is 20.5 Å². The first-order valence-corrected chi connectivity index (χ1v) is 9.07. The van der Waals surface area contributed by atoms with Gasteiger partial charge in [0.2, 0.25) is 5.91 Å². The Morgan fingerprint density at radius 3 is 2.63 bits per heavy atom. The molecule has 1 aromatic carbocycles. The van der Waals surface area contributed by atoms with E-state index in [1.807, 2.05) is 47.0 Å². The van der Waals surface area contributed by atoms with Crippen LogP contribution in [0.15, 0.2) is 60.0 Å². The van der Waals surface area contributed by atoms with Gasteiger partial charge in [0, 0.05) is 18.0 Å². The van der Waals surface area contributed by atoms with Gasteiger partial charge in [0.25, 0.3) is 0 Å². The second kappa shape index (κ2) is 8.45. The lowest BCUT2D eigenvalue weighted by atomic mass is 10.2. The summed E-state index contributed by atoms with van der Waals surface area (Å²) >= 11 is 1.20. The summed E-state index contributed by atoms with van der Waals surface area (Å²) in [4.78, 5) is 27.0. The molecule has 138 valence electrons. The minimum Gasteiger partial charge on any atom is -0.351 e. The van der Waals surface area contributed by atoms with Crippen molar-refractivity contribution in [2.24, 2.45) is 5.73 Å². The van der Waals surface area contributed by atoms with Crippen LogP contribution in [-0.2, 0) is 11.3 Å². The summed E-state index contributed by atoms with van der Waals surface area (Å²) in [7, 11) is 0. The largest absolute Gasteiger partial charge is 0.351 e. The minimum absolute atomic E-state index is 0.482. The molecule has 0 unspecified atom stereocenters. The van der Waals surface area contributed by atoms with Gasteiger partial charge in [-0.2, -0.15) is 0 Å². The SMILES string of the molecule is C[C@@H](Sc1nnc(-c2cccnc2)n1Cc1ccccc1)C(=O)NC(N)=O. The number of carbonyl (C=O) groups excluding carboxylic acids is 2. The molecule has 3 rings (SSSR count). The number of rotatable bonds is 6. The molecule has 0 bridgehead atoms. The molecule has 2 heterocycles. The molecule has 0 aliphatic carbocycles. The maximum absolute atomic E-state index is 12.0. The van der Waals surface area contributed by atoms with E-state index in [0.717, 1.165) is 11.1 Å². The number of urea groups is 1. The number of nitrogens with zero attached hydrogens (tertiary/aromatic N) is 4. The van der Waals surface area contributed by atoms with Crippen molar-refractivity contribution in [1.82, 2.24) is 25.1 Å².